The summed E-state index contributed by atoms with van der Waals surface area (Å²) in [6.45, 7) is 10.3. The first-order valence-corrected chi connectivity index (χ1v) is 12.6. The number of amidine groups is 1. The molecule has 1 aliphatic rings. The fourth-order valence-electron chi connectivity index (χ4n) is 3.48. The van der Waals surface area contributed by atoms with Crippen LogP contribution in [0.3, 0.4) is 0 Å². The van der Waals surface area contributed by atoms with E-state index in [-0.39, 0.29) is 5.56 Å². The third-order valence-electron chi connectivity index (χ3n) is 5.75. The normalized spacial score (nSPS) is 13.3. The highest BCUT2D eigenvalue weighted by Gasteiger charge is 2.33. The van der Waals surface area contributed by atoms with Crippen LogP contribution < -0.4 is 16.5 Å². The highest BCUT2D eigenvalue weighted by Crippen LogP contribution is 2.34. The van der Waals surface area contributed by atoms with E-state index in [0.717, 1.165) is 42.5 Å². The van der Waals surface area contributed by atoms with Crippen LogP contribution in [0.2, 0.25) is 0 Å². The number of nitrogens with zero attached hydrogens (tertiary/aromatic N) is 2. The van der Waals surface area contributed by atoms with E-state index in [1.807, 2.05) is 39.0 Å². The molecular weight excluding hydrogens is 491 g/mol. The minimum atomic E-state index is -4.60. The molecule has 9 heteroatoms. The lowest BCUT2D eigenvalue weighted by molar-refractivity contribution is -0.137. The molecule has 1 atom stereocenters. The van der Waals surface area contributed by atoms with Gasteiger partial charge in [0.1, 0.15) is 5.75 Å². The van der Waals surface area contributed by atoms with Crippen molar-refractivity contribution in [2.75, 3.05) is 0 Å². The molecule has 0 aromatic heterocycles. The summed E-state index contributed by atoms with van der Waals surface area (Å²) in [5.74, 6) is 6.35. The number of aromatic hydroxyl groups is 1. The Kier molecular flexibility index (Phi) is 11.9. The molecule has 0 fully saturated rings. The average molecular weight is 528 g/mol. The first kappa shape index (κ1) is 30.5. The largest absolute Gasteiger partial charge is 0.508 e. The van der Waals surface area contributed by atoms with Crippen LogP contribution in [0.1, 0.15) is 81.7 Å². The molecule has 6 nitrogen and oxygen atoms in total. The number of hydrazine groups is 2. The van der Waals surface area contributed by atoms with Crippen LogP contribution in [-0.4, -0.2) is 16.7 Å². The predicted molar refractivity (Wildman–Crippen MR) is 147 cm³/mol. The SMILES string of the molecule is C/C=C\N=C(C)C.CCC(C)CCCc1cc(C2=NNNN2)ccc1C#Cc1ccc(O)cc1C(F)(F)F. The Bertz CT molecular complexity index is 1220. The molecule has 1 aliphatic heterocycles. The Morgan fingerprint density at radius 2 is 1.84 bits per heavy atom. The lowest BCUT2D eigenvalue weighted by atomic mass is 9.95. The van der Waals surface area contributed by atoms with Gasteiger partial charge in [-0.15, -0.1) is 10.6 Å². The summed E-state index contributed by atoms with van der Waals surface area (Å²) in [5.41, 5.74) is 10.6. The molecule has 0 saturated carbocycles. The molecule has 2 aromatic carbocycles. The molecule has 38 heavy (non-hydrogen) atoms. The molecule has 0 amide bonds. The Morgan fingerprint density at radius 3 is 2.42 bits per heavy atom. The summed E-state index contributed by atoms with van der Waals surface area (Å²) in [4.78, 5) is 3.98. The smallest absolute Gasteiger partial charge is 0.417 e. The third-order valence-corrected chi connectivity index (χ3v) is 5.75. The van der Waals surface area contributed by atoms with Gasteiger partial charge in [-0.1, -0.05) is 44.6 Å². The predicted octanol–water partition coefficient (Wildman–Crippen LogP) is 6.45. The van der Waals surface area contributed by atoms with E-state index in [2.05, 4.69) is 52.3 Å². The minimum absolute atomic E-state index is 0.171. The van der Waals surface area contributed by atoms with E-state index in [1.165, 1.54) is 12.1 Å². The molecule has 2 aromatic rings. The Balaban J connectivity index is 0.000000638. The first-order valence-electron chi connectivity index (χ1n) is 12.6. The van der Waals surface area contributed by atoms with Crippen molar-refractivity contribution in [2.45, 2.75) is 66.5 Å². The second kappa shape index (κ2) is 14.8. The molecule has 0 bridgehead atoms. The van der Waals surface area contributed by atoms with E-state index >= 15 is 0 Å². The molecule has 1 heterocycles. The maximum atomic E-state index is 13.3. The zero-order valence-corrected chi connectivity index (χ0v) is 22.5. The molecule has 1 unspecified atom stereocenters. The monoisotopic (exact) mass is 527 g/mol. The van der Waals surface area contributed by atoms with Gasteiger partial charge >= 0.3 is 6.18 Å². The number of phenols is 1. The molecule has 0 aliphatic carbocycles. The number of hydrogen-bond acceptors (Lipinski definition) is 6. The van der Waals surface area contributed by atoms with E-state index in [1.54, 1.807) is 12.3 Å². The van der Waals surface area contributed by atoms with Crippen molar-refractivity contribution in [2.24, 2.45) is 16.0 Å². The molecule has 0 radical (unpaired) electrons. The third kappa shape index (κ3) is 9.94. The fraction of sp³-hybridized carbons (Fsp3) is 0.379. The summed E-state index contributed by atoms with van der Waals surface area (Å²) >= 11 is 0. The number of hydrazone groups is 1. The highest BCUT2D eigenvalue weighted by atomic mass is 19.4. The van der Waals surface area contributed by atoms with Gasteiger partial charge in [0.15, 0.2) is 5.84 Å². The van der Waals surface area contributed by atoms with Crippen LogP contribution in [0.15, 0.2) is 58.8 Å². The van der Waals surface area contributed by atoms with E-state index in [4.69, 9.17) is 0 Å². The number of benzene rings is 2. The van der Waals surface area contributed by atoms with E-state index < -0.39 is 17.5 Å². The van der Waals surface area contributed by atoms with Crippen molar-refractivity contribution < 1.29 is 18.3 Å². The van der Waals surface area contributed by atoms with Crippen molar-refractivity contribution in [3.63, 3.8) is 0 Å². The van der Waals surface area contributed by atoms with Crippen molar-refractivity contribution >= 4 is 11.5 Å². The van der Waals surface area contributed by atoms with Gasteiger partial charge in [-0.25, -0.2) is 5.53 Å². The van der Waals surface area contributed by atoms with Crippen LogP contribution in [0, 0.1) is 17.8 Å². The summed E-state index contributed by atoms with van der Waals surface area (Å²) in [6.07, 6.45) is 2.98. The van der Waals surface area contributed by atoms with Gasteiger partial charge in [0.2, 0.25) is 0 Å². The van der Waals surface area contributed by atoms with Crippen LogP contribution in [-0.2, 0) is 12.6 Å². The van der Waals surface area contributed by atoms with Crippen molar-refractivity contribution in [1.29, 1.82) is 0 Å². The number of aryl methyl sites for hydroxylation is 1. The molecular formula is C29H36F3N5O. The zero-order valence-electron chi connectivity index (χ0n) is 22.5. The Hall–Kier alpha value is -3.77. The Labute approximate surface area is 223 Å². The molecule has 0 spiro atoms. The molecule has 3 rings (SSSR count). The highest BCUT2D eigenvalue weighted by molar-refractivity contribution is 5.99. The number of aliphatic imine (C=N–C) groups is 1. The summed E-state index contributed by atoms with van der Waals surface area (Å²) in [6, 6.07) is 8.68. The van der Waals surface area contributed by atoms with E-state index in [0.29, 0.717) is 23.4 Å². The maximum Gasteiger partial charge on any atom is 0.417 e. The second-order valence-corrected chi connectivity index (χ2v) is 9.14. The van der Waals surface area contributed by atoms with Gasteiger partial charge in [0.05, 0.1) is 5.56 Å². The standard InChI is InChI=1S/C23H25F3N4O.C6H11N/c1-3-15(2)5-4-6-18-13-19(22-27-29-30-28-22)10-8-16(18)7-9-17-11-12-20(31)14-21(17)23(24,25)26;1-4-5-7-6(2)3/h8,10-15,29-31H,3-6H2,1-2H3,(H,27,28);4-5H,1-3H3/b;5-4-. The summed E-state index contributed by atoms with van der Waals surface area (Å²) in [7, 11) is 0. The van der Waals surface area contributed by atoms with Gasteiger partial charge in [0, 0.05) is 28.6 Å². The number of alkyl halides is 3. The molecule has 204 valence electrons. The number of nitrogens with one attached hydrogen (secondary N) is 3. The quantitative estimate of drug-likeness (QED) is 0.246. The van der Waals surface area contributed by atoms with Gasteiger partial charge in [-0.2, -0.15) is 13.2 Å². The van der Waals surface area contributed by atoms with Crippen LogP contribution in [0.25, 0.3) is 0 Å². The number of rotatable bonds is 7. The number of phenolic OH excluding ortho intramolecular Hbond substituents is 1. The molecule has 4 N–H and O–H groups in total. The minimum Gasteiger partial charge on any atom is -0.508 e. The zero-order chi connectivity index (χ0) is 28.1. The second-order valence-electron chi connectivity index (χ2n) is 9.14. The lowest BCUT2D eigenvalue weighted by Crippen LogP contribution is -2.35. The van der Waals surface area contributed by atoms with Crippen molar-refractivity contribution in [3.8, 4) is 17.6 Å². The van der Waals surface area contributed by atoms with E-state index in [9.17, 15) is 18.3 Å². The first-order chi connectivity index (χ1) is 18.0. The van der Waals surface area contributed by atoms with Crippen molar-refractivity contribution in [1.82, 2.24) is 16.5 Å². The van der Waals surface area contributed by atoms with Gasteiger partial charge in [0.25, 0.3) is 0 Å². The molecule has 0 saturated heterocycles. The summed E-state index contributed by atoms with van der Waals surface area (Å²) in [5, 5.41) is 13.5. The number of halogens is 3. The number of hydrogen-bond donors (Lipinski definition) is 4. The van der Waals surface area contributed by atoms with Gasteiger partial charge in [-0.3, -0.25) is 10.4 Å². The number of allylic oxidation sites excluding steroid dienone is 1. The maximum absolute atomic E-state index is 13.3. The topological polar surface area (TPSA) is 81.0 Å². The van der Waals surface area contributed by atoms with Gasteiger partial charge < -0.3 is 5.11 Å². The van der Waals surface area contributed by atoms with Crippen LogP contribution in [0.4, 0.5) is 13.2 Å². The lowest BCUT2D eigenvalue weighted by Gasteiger charge is -2.11. The fourth-order valence-corrected chi connectivity index (χ4v) is 3.48. The summed E-state index contributed by atoms with van der Waals surface area (Å²) < 4.78 is 40.0. The van der Waals surface area contributed by atoms with Gasteiger partial charge in [-0.05, 0) is 81.5 Å². The average Bonchev–Trinajstić information content (AvgIpc) is 3.42. The van der Waals surface area contributed by atoms with Crippen molar-refractivity contribution in [3.05, 3.63) is 76.5 Å². The van der Waals surface area contributed by atoms with Crippen LogP contribution in [0.5, 0.6) is 5.75 Å². The van der Waals surface area contributed by atoms with Crippen LogP contribution >= 0.6 is 0 Å². The Morgan fingerprint density at radius 1 is 1.13 bits per heavy atom.